The van der Waals surface area contributed by atoms with Crippen LogP contribution in [0.1, 0.15) is 38.3 Å². The second-order valence-corrected chi connectivity index (χ2v) is 10.5. The van der Waals surface area contributed by atoms with Crippen molar-refractivity contribution in [3.8, 4) is 5.75 Å². The van der Waals surface area contributed by atoms with Gasteiger partial charge in [0.05, 0.1) is 10.2 Å². The maximum Gasteiger partial charge on any atom is 0.308 e. The number of aryl methyl sites for hydroxylation is 1. The van der Waals surface area contributed by atoms with Gasteiger partial charge in [0.15, 0.2) is 5.13 Å². The monoisotopic (exact) mass is 471 g/mol. The molecule has 1 fully saturated rings. The van der Waals surface area contributed by atoms with Gasteiger partial charge in [-0.15, -0.1) is 0 Å². The molecule has 32 heavy (non-hydrogen) atoms. The number of carbonyl (C=O) groups excluding carboxylic acids is 1. The second kappa shape index (κ2) is 9.77. The molecule has 0 bridgehead atoms. The van der Waals surface area contributed by atoms with Crippen LogP contribution in [0.25, 0.3) is 10.2 Å². The largest absolute Gasteiger partial charge is 0.427 e. The zero-order valence-corrected chi connectivity index (χ0v) is 20.7. The number of hydrogen-bond acceptors (Lipinski definition) is 6. The van der Waals surface area contributed by atoms with Crippen LogP contribution in [-0.2, 0) is 11.3 Å². The molecule has 1 atom stereocenters. The summed E-state index contributed by atoms with van der Waals surface area (Å²) in [5.74, 6) is 0.940. The van der Waals surface area contributed by atoms with Gasteiger partial charge in [-0.3, -0.25) is 9.69 Å². The predicted octanol–water partition coefficient (Wildman–Crippen LogP) is 5.92. The van der Waals surface area contributed by atoms with Gasteiger partial charge in [-0.25, -0.2) is 4.98 Å². The van der Waals surface area contributed by atoms with Gasteiger partial charge < -0.3 is 9.64 Å². The molecule has 170 valence electrons. The topological polar surface area (TPSA) is 45.7 Å². The Kier molecular flexibility index (Phi) is 7.03. The molecule has 1 aliphatic heterocycles. The number of piperazine rings is 1. The summed E-state index contributed by atoms with van der Waals surface area (Å²) in [6.07, 6.45) is 1.12. The van der Waals surface area contributed by atoms with Gasteiger partial charge in [-0.2, -0.15) is 0 Å². The molecule has 0 unspecified atom stereocenters. The van der Waals surface area contributed by atoms with Gasteiger partial charge in [0, 0.05) is 44.2 Å². The van der Waals surface area contributed by atoms with Crippen LogP contribution in [-0.4, -0.2) is 41.5 Å². The number of benzene rings is 2. The molecular weight excluding hydrogens is 442 g/mol. The molecule has 0 radical (unpaired) electrons. The van der Waals surface area contributed by atoms with Gasteiger partial charge >= 0.3 is 5.97 Å². The number of anilines is 1. The fourth-order valence-electron chi connectivity index (χ4n) is 4.44. The van der Waals surface area contributed by atoms with Gasteiger partial charge in [0.1, 0.15) is 5.75 Å². The average Bonchev–Trinajstić information content (AvgIpc) is 3.11. The number of esters is 1. The second-order valence-electron chi connectivity index (χ2n) is 9.06. The maximum atomic E-state index is 11.4. The van der Waals surface area contributed by atoms with Crippen molar-refractivity contribution in [1.82, 2.24) is 9.88 Å². The SMILES string of the molecule is CC(=O)Oc1cc(C)cc(CN2CCN(c3nc4ccc(Cl)cc4s3)C[C@@H]2CC(C)C)c1. The van der Waals surface area contributed by atoms with Gasteiger partial charge in [-0.1, -0.05) is 42.9 Å². The maximum absolute atomic E-state index is 11.4. The van der Waals surface area contributed by atoms with E-state index in [2.05, 4.69) is 29.7 Å². The Morgan fingerprint density at radius 1 is 1.25 bits per heavy atom. The van der Waals surface area contributed by atoms with Crippen molar-refractivity contribution >= 4 is 44.3 Å². The van der Waals surface area contributed by atoms with Crippen LogP contribution in [0.15, 0.2) is 36.4 Å². The number of hydrogen-bond donors (Lipinski definition) is 0. The van der Waals surface area contributed by atoms with E-state index in [1.165, 1.54) is 12.5 Å². The Morgan fingerprint density at radius 2 is 2.06 bits per heavy atom. The third-order valence-corrected chi connectivity index (χ3v) is 7.03. The Balaban J connectivity index is 1.52. The van der Waals surface area contributed by atoms with Crippen molar-refractivity contribution < 1.29 is 9.53 Å². The standard InChI is InChI=1S/C25H30ClN3O2S/c1-16(2)9-21-15-29(25-27-23-6-5-20(26)13-24(23)32-25)8-7-28(21)14-19-10-17(3)11-22(12-19)31-18(4)30/h5-6,10-13,16,21H,7-9,14-15H2,1-4H3/t21-/m0/s1. The van der Waals surface area contributed by atoms with Crippen molar-refractivity contribution in [2.24, 2.45) is 5.92 Å². The van der Waals surface area contributed by atoms with E-state index < -0.39 is 0 Å². The highest BCUT2D eigenvalue weighted by Gasteiger charge is 2.29. The van der Waals surface area contributed by atoms with Crippen LogP contribution >= 0.6 is 22.9 Å². The molecular formula is C25H30ClN3O2S. The molecule has 0 saturated carbocycles. The van der Waals surface area contributed by atoms with E-state index in [-0.39, 0.29) is 5.97 Å². The first kappa shape index (κ1) is 23.0. The summed E-state index contributed by atoms with van der Waals surface area (Å²) in [6.45, 7) is 11.7. The summed E-state index contributed by atoms with van der Waals surface area (Å²) < 4.78 is 6.48. The van der Waals surface area contributed by atoms with Gasteiger partial charge in [0.2, 0.25) is 0 Å². The molecule has 2 heterocycles. The van der Waals surface area contributed by atoms with Crippen molar-refractivity contribution in [3.05, 3.63) is 52.5 Å². The zero-order chi connectivity index (χ0) is 22.8. The number of ether oxygens (including phenoxy) is 1. The third-order valence-electron chi connectivity index (χ3n) is 5.72. The van der Waals surface area contributed by atoms with E-state index in [1.807, 2.05) is 37.3 Å². The Labute approximate surface area is 199 Å². The number of carbonyl (C=O) groups is 1. The van der Waals surface area contributed by atoms with Crippen molar-refractivity contribution in [1.29, 1.82) is 0 Å². The third kappa shape index (κ3) is 5.61. The lowest BCUT2D eigenvalue weighted by Gasteiger charge is -2.42. The number of thiazole rings is 1. The van der Waals surface area contributed by atoms with Crippen molar-refractivity contribution in [3.63, 3.8) is 0 Å². The molecule has 5 nitrogen and oxygen atoms in total. The molecule has 7 heteroatoms. The lowest BCUT2D eigenvalue weighted by molar-refractivity contribution is -0.131. The van der Waals surface area contributed by atoms with Gasteiger partial charge in [0.25, 0.3) is 0 Å². The summed E-state index contributed by atoms with van der Waals surface area (Å²) in [7, 11) is 0. The summed E-state index contributed by atoms with van der Waals surface area (Å²) in [6, 6.07) is 12.4. The first-order chi connectivity index (χ1) is 15.3. The first-order valence-corrected chi connectivity index (χ1v) is 12.3. The van der Waals surface area contributed by atoms with Gasteiger partial charge in [-0.05, 0) is 60.7 Å². The highest BCUT2D eigenvalue weighted by atomic mass is 35.5. The minimum absolute atomic E-state index is 0.287. The lowest BCUT2D eigenvalue weighted by atomic mass is 9.99. The molecule has 1 aromatic heterocycles. The average molecular weight is 472 g/mol. The van der Waals surface area contributed by atoms with Crippen LogP contribution in [0, 0.1) is 12.8 Å². The molecule has 0 N–H and O–H groups in total. The molecule has 2 aromatic carbocycles. The van der Waals surface area contributed by atoms with Crippen molar-refractivity contribution in [2.45, 2.75) is 46.7 Å². The van der Waals surface area contributed by atoms with Crippen LogP contribution in [0.5, 0.6) is 5.75 Å². The Bertz CT molecular complexity index is 1110. The van der Waals surface area contributed by atoms with Crippen LogP contribution in [0.2, 0.25) is 5.02 Å². The number of fused-ring (bicyclic) bond motifs is 1. The number of rotatable bonds is 6. The summed E-state index contributed by atoms with van der Waals surface area (Å²) in [5.41, 5.74) is 3.29. The highest BCUT2D eigenvalue weighted by molar-refractivity contribution is 7.22. The van der Waals surface area contributed by atoms with Crippen molar-refractivity contribution in [2.75, 3.05) is 24.5 Å². The summed E-state index contributed by atoms with van der Waals surface area (Å²) in [5, 5.41) is 1.82. The van der Waals surface area contributed by atoms with Crippen LogP contribution in [0.3, 0.4) is 0 Å². The first-order valence-electron chi connectivity index (χ1n) is 11.1. The van der Waals surface area contributed by atoms with E-state index in [4.69, 9.17) is 21.3 Å². The van der Waals surface area contributed by atoms with E-state index in [0.717, 1.165) is 58.5 Å². The normalized spacial score (nSPS) is 17.3. The highest BCUT2D eigenvalue weighted by Crippen LogP contribution is 2.33. The van der Waals surface area contributed by atoms with Crippen LogP contribution < -0.4 is 9.64 Å². The fraction of sp³-hybridized carbons (Fsp3) is 0.440. The zero-order valence-electron chi connectivity index (χ0n) is 19.1. The minimum atomic E-state index is -0.287. The molecule has 0 amide bonds. The summed E-state index contributed by atoms with van der Waals surface area (Å²) >= 11 is 7.89. The molecule has 1 saturated heterocycles. The van der Waals surface area contributed by atoms with E-state index >= 15 is 0 Å². The minimum Gasteiger partial charge on any atom is -0.427 e. The smallest absolute Gasteiger partial charge is 0.308 e. The molecule has 4 rings (SSSR count). The number of nitrogens with zero attached hydrogens (tertiary/aromatic N) is 3. The van der Waals surface area contributed by atoms with Crippen LogP contribution in [0.4, 0.5) is 5.13 Å². The van der Waals surface area contributed by atoms with E-state index in [9.17, 15) is 4.79 Å². The Hall–Kier alpha value is -2.15. The summed E-state index contributed by atoms with van der Waals surface area (Å²) in [4.78, 5) is 21.3. The lowest BCUT2D eigenvalue weighted by Crippen LogP contribution is -2.53. The van der Waals surface area contributed by atoms with E-state index in [0.29, 0.717) is 17.7 Å². The quantitative estimate of drug-likeness (QED) is 0.330. The van der Waals surface area contributed by atoms with E-state index in [1.54, 1.807) is 11.3 Å². The fourth-order valence-corrected chi connectivity index (χ4v) is 5.72. The number of halogens is 1. The Morgan fingerprint density at radius 3 is 2.81 bits per heavy atom. The predicted molar refractivity (Wildman–Crippen MR) is 133 cm³/mol. The molecule has 0 spiro atoms. The molecule has 1 aliphatic rings. The number of aromatic nitrogens is 1. The molecule has 3 aromatic rings. The molecule has 0 aliphatic carbocycles.